The Hall–Kier alpha value is -0.610. The maximum atomic E-state index is 9.60. The van der Waals surface area contributed by atoms with Crippen molar-refractivity contribution < 1.29 is 9.53 Å². The fourth-order valence-corrected chi connectivity index (χ4v) is 2.86. The first-order valence-corrected chi connectivity index (χ1v) is 7.32. The molecule has 2 saturated heterocycles. The fraction of sp³-hybridized carbons (Fsp3) is 0.933. The van der Waals surface area contributed by atoms with Gasteiger partial charge in [-0.3, -0.25) is 4.79 Å². The van der Waals surface area contributed by atoms with Crippen LogP contribution in [0.3, 0.4) is 0 Å². The predicted molar refractivity (Wildman–Crippen MR) is 78.1 cm³/mol. The number of rotatable bonds is 1. The second-order valence-electron chi connectivity index (χ2n) is 6.92. The number of nitrogens with one attached hydrogen (secondary N) is 1. The van der Waals surface area contributed by atoms with Crippen molar-refractivity contribution in [3.63, 3.8) is 0 Å². The second kappa shape index (κ2) is 6.71. The largest absolute Gasteiger partial charge is 0.462 e. The standard InChI is InChI=1S/C10H20N2.C5H10O2/c1-9-10(3-6-11-9)4-7-12(2)8-5-10;1-5(2,3)7-4-6/h9,11H,3-8H2,1-2H3;4H,1-3H3. The molecule has 0 aromatic heterocycles. The zero-order chi connectivity index (χ0) is 14.5. The van der Waals surface area contributed by atoms with Crippen LogP contribution in [0.15, 0.2) is 0 Å². The first-order chi connectivity index (χ1) is 8.79. The van der Waals surface area contributed by atoms with Crippen molar-refractivity contribution in [1.82, 2.24) is 10.2 Å². The van der Waals surface area contributed by atoms with E-state index < -0.39 is 0 Å². The number of hydrogen-bond donors (Lipinski definition) is 1. The molecule has 1 spiro atoms. The molecule has 1 atom stereocenters. The van der Waals surface area contributed by atoms with Gasteiger partial charge < -0.3 is 15.0 Å². The zero-order valence-electron chi connectivity index (χ0n) is 13.2. The summed E-state index contributed by atoms with van der Waals surface area (Å²) < 4.78 is 4.55. The molecule has 0 aromatic carbocycles. The number of nitrogens with zero attached hydrogens (tertiary/aromatic N) is 1. The maximum absolute atomic E-state index is 9.60. The minimum atomic E-state index is -0.318. The summed E-state index contributed by atoms with van der Waals surface area (Å²) in [5, 5.41) is 3.58. The van der Waals surface area contributed by atoms with E-state index in [4.69, 9.17) is 0 Å². The molecule has 0 bridgehead atoms. The number of piperidine rings is 1. The van der Waals surface area contributed by atoms with Gasteiger partial charge in [-0.15, -0.1) is 0 Å². The second-order valence-corrected chi connectivity index (χ2v) is 6.92. The topological polar surface area (TPSA) is 41.6 Å². The molecule has 2 heterocycles. The van der Waals surface area contributed by atoms with Gasteiger partial charge in [0.2, 0.25) is 0 Å². The highest BCUT2D eigenvalue weighted by molar-refractivity contribution is 5.37. The molecule has 1 unspecified atom stereocenters. The number of hydrogen-bond acceptors (Lipinski definition) is 4. The molecule has 4 nitrogen and oxygen atoms in total. The minimum absolute atomic E-state index is 0.318. The number of ether oxygens (including phenoxy) is 1. The van der Waals surface area contributed by atoms with Gasteiger partial charge in [0.05, 0.1) is 0 Å². The van der Waals surface area contributed by atoms with Gasteiger partial charge in [-0.1, -0.05) is 0 Å². The summed E-state index contributed by atoms with van der Waals surface area (Å²) in [4.78, 5) is 12.1. The summed E-state index contributed by atoms with van der Waals surface area (Å²) >= 11 is 0. The quantitative estimate of drug-likeness (QED) is 0.740. The lowest BCUT2D eigenvalue weighted by molar-refractivity contribution is -0.138. The van der Waals surface area contributed by atoms with Crippen molar-refractivity contribution in [2.24, 2.45) is 5.41 Å². The molecule has 19 heavy (non-hydrogen) atoms. The molecule has 0 saturated carbocycles. The van der Waals surface area contributed by atoms with E-state index in [2.05, 4.69) is 28.9 Å². The predicted octanol–water partition coefficient (Wildman–Crippen LogP) is 2.04. The highest BCUT2D eigenvalue weighted by Gasteiger charge is 2.41. The zero-order valence-corrected chi connectivity index (χ0v) is 13.2. The van der Waals surface area contributed by atoms with Crippen molar-refractivity contribution in [1.29, 1.82) is 0 Å². The van der Waals surface area contributed by atoms with Crippen LogP contribution in [0.1, 0.15) is 47.0 Å². The van der Waals surface area contributed by atoms with Gasteiger partial charge in [0.1, 0.15) is 5.60 Å². The average Bonchev–Trinajstić information content (AvgIpc) is 2.64. The average molecular weight is 270 g/mol. The summed E-state index contributed by atoms with van der Waals surface area (Å²) in [5.74, 6) is 0. The number of likely N-dealkylation sites (tertiary alicyclic amines) is 1. The minimum Gasteiger partial charge on any atom is -0.462 e. The van der Waals surface area contributed by atoms with Crippen LogP contribution in [-0.2, 0) is 9.53 Å². The summed E-state index contributed by atoms with van der Waals surface area (Å²) in [6, 6.07) is 0.756. The monoisotopic (exact) mass is 270 g/mol. The van der Waals surface area contributed by atoms with Crippen molar-refractivity contribution in [2.45, 2.75) is 58.6 Å². The van der Waals surface area contributed by atoms with Gasteiger partial charge in [-0.25, -0.2) is 0 Å². The maximum Gasteiger partial charge on any atom is 0.293 e. The van der Waals surface area contributed by atoms with E-state index in [1.807, 2.05) is 20.8 Å². The Kier molecular flexibility index (Phi) is 5.81. The molecule has 2 rings (SSSR count). The van der Waals surface area contributed by atoms with Crippen LogP contribution in [0.4, 0.5) is 0 Å². The third-order valence-electron chi connectivity index (χ3n) is 4.38. The lowest BCUT2D eigenvalue weighted by Crippen LogP contribution is -2.43. The smallest absolute Gasteiger partial charge is 0.293 e. The fourth-order valence-electron chi connectivity index (χ4n) is 2.86. The van der Waals surface area contributed by atoms with Crippen molar-refractivity contribution in [3.8, 4) is 0 Å². The first kappa shape index (κ1) is 16.4. The molecule has 2 aliphatic rings. The highest BCUT2D eigenvalue weighted by atomic mass is 16.5. The van der Waals surface area contributed by atoms with E-state index in [1.165, 1.54) is 38.9 Å². The van der Waals surface area contributed by atoms with Gasteiger partial charge in [0.15, 0.2) is 0 Å². The summed E-state index contributed by atoms with van der Waals surface area (Å²) in [6.07, 6.45) is 4.21. The van der Waals surface area contributed by atoms with E-state index in [0.717, 1.165) is 6.04 Å². The Morgan fingerprint density at radius 3 is 2.16 bits per heavy atom. The molecule has 2 fully saturated rings. The van der Waals surface area contributed by atoms with Crippen LogP contribution in [0.2, 0.25) is 0 Å². The molecular weight excluding hydrogens is 240 g/mol. The summed E-state index contributed by atoms with van der Waals surface area (Å²) in [7, 11) is 2.24. The third-order valence-corrected chi connectivity index (χ3v) is 4.38. The first-order valence-electron chi connectivity index (χ1n) is 7.32. The van der Waals surface area contributed by atoms with Crippen molar-refractivity contribution in [3.05, 3.63) is 0 Å². The molecule has 0 aromatic rings. The highest BCUT2D eigenvalue weighted by Crippen LogP contribution is 2.40. The third kappa shape index (κ3) is 5.11. The van der Waals surface area contributed by atoms with Crippen molar-refractivity contribution >= 4 is 6.47 Å². The van der Waals surface area contributed by atoms with Crippen LogP contribution in [-0.4, -0.2) is 49.7 Å². The molecule has 0 radical (unpaired) electrons. The van der Waals surface area contributed by atoms with Gasteiger partial charge in [0, 0.05) is 6.04 Å². The lowest BCUT2D eigenvalue weighted by Gasteiger charge is -2.40. The van der Waals surface area contributed by atoms with E-state index in [9.17, 15) is 4.79 Å². The van der Waals surface area contributed by atoms with Crippen LogP contribution in [0, 0.1) is 5.41 Å². The molecule has 4 heteroatoms. The normalized spacial score (nSPS) is 26.7. The Morgan fingerprint density at radius 1 is 1.26 bits per heavy atom. The van der Waals surface area contributed by atoms with E-state index >= 15 is 0 Å². The van der Waals surface area contributed by atoms with Crippen LogP contribution >= 0.6 is 0 Å². The van der Waals surface area contributed by atoms with E-state index in [1.54, 1.807) is 0 Å². The molecule has 1 N–H and O–H groups in total. The Balaban J connectivity index is 0.000000224. The molecule has 2 aliphatic heterocycles. The molecule has 112 valence electrons. The van der Waals surface area contributed by atoms with Gasteiger partial charge in [-0.05, 0) is 79.1 Å². The van der Waals surface area contributed by atoms with Crippen LogP contribution < -0.4 is 5.32 Å². The van der Waals surface area contributed by atoms with Crippen LogP contribution in [0.5, 0.6) is 0 Å². The Bertz CT molecular complexity index is 278. The summed E-state index contributed by atoms with van der Waals surface area (Å²) in [6.45, 7) is 12.1. The molecular formula is C15H30N2O2. The van der Waals surface area contributed by atoms with E-state index in [-0.39, 0.29) is 5.60 Å². The number of carbonyl (C=O) groups is 1. The summed E-state index contributed by atoms with van der Waals surface area (Å²) in [5.41, 5.74) is 0.342. The lowest BCUT2D eigenvalue weighted by atomic mass is 9.73. The van der Waals surface area contributed by atoms with Crippen LogP contribution in [0.25, 0.3) is 0 Å². The SMILES string of the molecule is CC(C)(C)OC=O.CC1NCCC12CCN(C)CC2. The Labute approximate surface area is 117 Å². The molecule has 0 amide bonds. The number of carbonyl (C=O) groups excluding carboxylic acids is 1. The van der Waals surface area contributed by atoms with E-state index in [0.29, 0.717) is 11.9 Å². The van der Waals surface area contributed by atoms with Crippen molar-refractivity contribution in [2.75, 3.05) is 26.7 Å². The molecule has 0 aliphatic carbocycles. The van der Waals surface area contributed by atoms with Gasteiger partial charge in [0.25, 0.3) is 6.47 Å². The Morgan fingerprint density at radius 2 is 1.84 bits per heavy atom. The van der Waals surface area contributed by atoms with Gasteiger partial charge >= 0.3 is 0 Å². The van der Waals surface area contributed by atoms with Gasteiger partial charge in [-0.2, -0.15) is 0 Å².